The summed E-state index contributed by atoms with van der Waals surface area (Å²) < 4.78 is 32.7. The number of thiophene rings is 1. The Morgan fingerprint density at radius 3 is 2.41 bits per heavy atom. The van der Waals surface area contributed by atoms with Crippen molar-refractivity contribution in [2.45, 2.75) is 31.8 Å². The highest BCUT2D eigenvalue weighted by molar-refractivity contribution is 7.19. The molecule has 9 heteroatoms. The Labute approximate surface area is 187 Å². The number of rotatable bonds is 8. The summed E-state index contributed by atoms with van der Waals surface area (Å²) in [6.45, 7) is 3.00. The zero-order chi connectivity index (χ0) is 23.5. The fraction of sp³-hybridized carbons (Fsp3) is 0.261. The summed E-state index contributed by atoms with van der Waals surface area (Å²) in [4.78, 5) is 38.8. The maximum Gasteiger partial charge on any atom is 0.339 e. The van der Waals surface area contributed by atoms with Gasteiger partial charge >= 0.3 is 5.97 Å². The van der Waals surface area contributed by atoms with Gasteiger partial charge in [-0.2, -0.15) is 0 Å². The van der Waals surface area contributed by atoms with Crippen LogP contribution in [0.4, 0.5) is 8.78 Å². The van der Waals surface area contributed by atoms with Gasteiger partial charge in [-0.15, -0.1) is 11.3 Å². The number of halogens is 2. The quantitative estimate of drug-likeness (QED) is 0.397. The van der Waals surface area contributed by atoms with E-state index in [9.17, 15) is 23.2 Å². The zero-order valence-electron chi connectivity index (χ0n) is 17.5. The standard InChI is InChI=1S/C23H22F2N2O4S/c1-3-31-22(30)23(26,19-11-15-6-4-5-7-18(15)32-19)21(29)13(2)27-20(28)10-14-8-16(24)12-17(25)9-14/h4-9,11-13H,3,10,26H2,1-2H3,(H,27,28)/t13-,23?/m0/s1. The number of carbonyl (C=O) groups is 3. The number of Topliss-reactive ketones (excluding diaryl/α,β-unsaturated/α-hetero) is 1. The van der Waals surface area contributed by atoms with Crippen LogP contribution in [-0.4, -0.2) is 30.3 Å². The first-order valence-electron chi connectivity index (χ1n) is 9.89. The normalized spacial score (nSPS) is 13.9. The van der Waals surface area contributed by atoms with Crippen LogP contribution in [-0.2, 0) is 31.1 Å². The number of ketones is 1. The number of fused-ring (bicyclic) bond motifs is 1. The minimum atomic E-state index is -2.13. The summed E-state index contributed by atoms with van der Waals surface area (Å²) in [6, 6.07) is 10.5. The lowest BCUT2D eigenvalue weighted by molar-refractivity contribution is -0.154. The Kier molecular flexibility index (Phi) is 7.00. The molecule has 3 rings (SSSR count). The number of amides is 1. The first kappa shape index (κ1) is 23.5. The molecule has 3 aromatic rings. The smallest absolute Gasteiger partial charge is 0.339 e. The molecule has 32 heavy (non-hydrogen) atoms. The Hall–Kier alpha value is -3.17. The highest BCUT2D eigenvalue weighted by Crippen LogP contribution is 2.34. The number of ether oxygens (including phenoxy) is 1. The van der Waals surface area contributed by atoms with Crippen LogP contribution in [0.3, 0.4) is 0 Å². The average Bonchev–Trinajstić information content (AvgIpc) is 3.16. The van der Waals surface area contributed by atoms with Gasteiger partial charge in [0.05, 0.1) is 19.1 Å². The van der Waals surface area contributed by atoms with Gasteiger partial charge in [0, 0.05) is 15.6 Å². The second kappa shape index (κ2) is 9.54. The summed E-state index contributed by atoms with van der Waals surface area (Å²) >= 11 is 1.19. The Morgan fingerprint density at radius 1 is 1.12 bits per heavy atom. The summed E-state index contributed by atoms with van der Waals surface area (Å²) in [6.07, 6.45) is -0.355. The van der Waals surface area contributed by atoms with E-state index < -0.39 is 40.9 Å². The van der Waals surface area contributed by atoms with Crippen LogP contribution in [0, 0.1) is 11.6 Å². The maximum absolute atomic E-state index is 13.4. The first-order chi connectivity index (χ1) is 15.1. The van der Waals surface area contributed by atoms with Gasteiger partial charge in [-0.05, 0) is 49.1 Å². The number of hydrogen-bond donors (Lipinski definition) is 2. The van der Waals surface area contributed by atoms with Crippen LogP contribution in [0.5, 0.6) is 0 Å². The van der Waals surface area contributed by atoms with E-state index in [2.05, 4.69) is 5.32 Å². The molecule has 0 spiro atoms. The van der Waals surface area contributed by atoms with Gasteiger partial charge in [-0.25, -0.2) is 13.6 Å². The van der Waals surface area contributed by atoms with E-state index in [0.29, 0.717) is 6.07 Å². The molecule has 1 amide bonds. The molecular weight excluding hydrogens is 438 g/mol. The van der Waals surface area contributed by atoms with Crippen LogP contribution >= 0.6 is 11.3 Å². The molecule has 1 aromatic heterocycles. The maximum atomic E-state index is 13.4. The molecule has 6 nitrogen and oxygen atoms in total. The number of benzene rings is 2. The van der Waals surface area contributed by atoms with Crippen molar-refractivity contribution < 1.29 is 27.9 Å². The van der Waals surface area contributed by atoms with E-state index in [-0.39, 0.29) is 23.5 Å². The summed E-state index contributed by atoms with van der Waals surface area (Å²) in [5.74, 6) is -3.97. The van der Waals surface area contributed by atoms with Crippen molar-refractivity contribution in [3.8, 4) is 0 Å². The molecule has 2 atom stereocenters. The molecule has 2 aromatic carbocycles. The Bertz CT molecular complexity index is 1130. The number of hydrogen-bond acceptors (Lipinski definition) is 6. The lowest BCUT2D eigenvalue weighted by Crippen LogP contribution is -2.58. The minimum Gasteiger partial charge on any atom is -0.464 e. The lowest BCUT2D eigenvalue weighted by atomic mass is 9.88. The molecule has 0 aliphatic rings. The van der Waals surface area contributed by atoms with Crippen molar-refractivity contribution in [1.29, 1.82) is 0 Å². The first-order valence-corrected chi connectivity index (χ1v) is 10.7. The SMILES string of the molecule is CCOC(=O)C(N)(C(=O)[C@H](C)NC(=O)Cc1cc(F)cc(F)c1)c1cc2ccccc2s1. The van der Waals surface area contributed by atoms with Crippen LogP contribution in [0.2, 0.25) is 0 Å². The Morgan fingerprint density at radius 2 is 1.78 bits per heavy atom. The minimum absolute atomic E-state index is 0.0157. The van der Waals surface area contributed by atoms with Gasteiger partial charge in [-0.3, -0.25) is 9.59 Å². The summed E-state index contributed by atoms with van der Waals surface area (Å²) in [5, 5.41) is 3.27. The second-order valence-corrected chi connectivity index (χ2v) is 8.37. The van der Waals surface area contributed by atoms with E-state index in [4.69, 9.17) is 10.5 Å². The molecule has 0 aliphatic heterocycles. The fourth-order valence-corrected chi connectivity index (χ4v) is 4.50. The third-order valence-electron chi connectivity index (χ3n) is 4.86. The third kappa shape index (κ3) is 4.84. The molecule has 1 heterocycles. The van der Waals surface area contributed by atoms with Crippen molar-refractivity contribution in [3.05, 3.63) is 70.6 Å². The zero-order valence-corrected chi connectivity index (χ0v) is 18.3. The Balaban J connectivity index is 1.85. The van der Waals surface area contributed by atoms with E-state index in [1.807, 2.05) is 24.3 Å². The molecule has 0 fully saturated rings. The van der Waals surface area contributed by atoms with Gasteiger partial charge in [-0.1, -0.05) is 18.2 Å². The van der Waals surface area contributed by atoms with Crippen LogP contribution in [0.15, 0.2) is 48.5 Å². The van der Waals surface area contributed by atoms with Gasteiger partial charge in [0.15, 0.2) is 5.78 Å². The molecule has 0 aliphatic carbocycles. The predicted octanol–water partition coefficient (Wildman–Crippen LogP) is 3.21. The topological polar surface area (TPSA) is 98.5 Å². The molecule has 3 N–H and O–H groups in total. The van der Waals surface area contributed by atoms with Crippen molar-refractivity contribution in [3.63, 3.8) is 0 Å². The van der Waals surface area contributed by atoms with Crippen LogP contribution < -0.4 is 11.1 Å². The highest BCUT2D eigenvalue weighted by atomic mass is 32.1. The molecule has 168 valence electrons. The van der Waals surface area contributed by atoms with Crippen LogP contribution in [0.25, 0.3) is 10.1 Å². The third-order valence-corrected chi connectivity index (χ3v) is 6.11. The fourth-order valence-electron chi connectivity index (χ4n) is 3.34. The molecule has 0 saturated carbocycles. The molecular formula is C23H22F2N2O4S. The van der Waals surface area contributed by atoms with E-state index in [1.165, 1.54) is 18.3 Å². The van der Waals surface area contributed by atoms with E-state index in [1.54, 1.807) is 13.0 Å². The highest BCUT2D eigenvalue weighted by Gasteiger charge is 2.48. The summed E-state index contributed by atoms with van der Waals surface area (Å²) in [7, 11) is 0. The van der Waals surface area contributed by atoms with Crippen molar-refractivity contribution >= 4 is 39.1 Å². The van der Waals surface area contributed by atoms with Gasteiger partial charge in [0.2, 0.25) is 11.4 Å². The van der Waals surface area contributed by atoms with Gasteiger partial charge < -0.3 is 15.8 Å². The molecule has 0 saturated heterocycles. The van der Waals surface area contributed by atoms with Crippen LogP contribution in [0.1, 0.15) is 24.3 Å². The predicted molar refractivity (Wildman–Crippen MR) is 117 cm³/mol. The van der Waals surface area contributed by atoms with Crippen molar-refractivity contribution in [2.24, 2.45) is 5.73 Å². The van der Waals surface area contributed by atoms with Gasteiger partial charge in [0.25, 0.3) is 0 Å². The largest absolute Gasteiger partial charge is 0.464 e. The second-order valence-electron chi connectivity index (χ2n) is 7.28. The summed E-state index contributed by atoms with van der Waals surface area (Å²) in [5.41, 5.74) is 4.34. The number of nitrogens with two attached hydrogens (primary N) is 1. The number of nitrogens with one attached hydrogen (secondary N) is 1. The number of carbonyl (C=O) groups excluding carboxylic acids is 3. The van der Waals surface area contributed by atoms with E-state index in [0.717, 1.165) is 22.2 Å². The van der Waals surface area contributed by atoms with Gasteiger partial charge in [0.1, 0.15) is 11.6 Å². The lowest BCUT2D eigenvalue weighted by Gasteiger charge is -2.27. The average molecular weight is 461 g/mol. The monoisotopic (exact) mass is 460 g/mol. The molecule has 0 bridgehead atoms. The van der Waals surface area contributed by atoms with Crippen molar-refractivity contribution in [2.75, 3.05) is 6.61 Å². The number of esters is 1. The molecule has 0 radical (unpaired) electrons. The van der Waals surface area contributed by atoms with Crippen molar-refractivity contribution in [1.82, 2.24) is 5.32 Å². The van der Waals surface area contributed by atoms with E-state index >= 15 is 0 Å². The molecule has 1 unspecified atom stereocenters.